The highest BCUT2D eigenvalue weighted by Gasteiger charge is 2.10. The van der Waals surface area contributed by atoms with Crippen molar-refractivity contribution in [3.05, 3.63) is 66.4 Å². The maximum absolute atomic E-state index is 11.0. The Balaban J connectivity index is 1.91. The van der Waals surface area contributed by atoms with Crippen LogP contribution in [0.25, 0.3) is 22.4 Å². The van der Waals surface area contributed by atoms with Crippen LogP contribution in [0.3, 0.4) is 0 Å². The number of rotatable bonds is 3. The van der Waals surface area contributed by atoms with E-state index in [4.69, 9.17) is 10.3 Å². The number of benzene rings is 2. The molecule has 0 saturated heterocycles. The molecule has 0 fully saturated rings. The zero-order chi connectivity index (χ0) is 13.9. The predicted molar refractivity (Wildman–Crippen MR) is 75.9 cm³/mol. The van der Waals surface area contributed by atoms with Crippen molar-refractivity contribution < 1.29 is 9.32 Å². The van der Waals surface area contributed by atoms with Crippen LogP contribution >= 0.6 is 0 Å². The Kier molecular flexibility index (Phi) is 3.05. The second-order valence-corrected chi connectivity index (χ2v) is 4.38. The number of carbonyl (C=O) groups excluding carboxylic acids is 1. The number of hydrogen-bond donors (Lipinski definition) is 1. The summed E-state index contributed by atoms with van der Waals surface area (Å²) in [4.78, 5) is 11.0. The van der Waals surface area contributed by atoms with Crippen LogP contribution in [0, 0.1) is 0 Å². The van der Waals surface area contributed by atoms with Crippen molar-refractivity contribution in [3.8, 4) is 22.4 Å². The molecule has 0 bridgehead atoms. The molecule has 0 atom stereocenters. The van der Waals surface area contributed by atoms with Crippen molar-refractivity contribution in [2.24, 2.45) is 5.73 Å². The van der Waals surface area contributed by atoms with Crippen LogP contribution in [0.2, 0.25) is 0 Å². The Morgan fingerprint density at radius 3 is 2.10 bits per heavy atom. The minimum Gasteiger partial charge on any atom is -0.363 e. The first kappa shape index (κ1) is 12.2. The molecule has 3 rings (SSSR count). The number of primary amides is 1. The van der Waals surface area contributed by atoms with Gasteiger partial charge in [-0.2, -0.15) is 0 Å². The molecule has 98 valence electrons. The number of aromatic nitrogens is 1. The first-order valence-electron chi connectivity index (χ1n) is 6.16. The normalized spacial score (nSPS) is 10.4. The fourth-order valence-corrected chi connectivity index (χ4v) is 1.99. The number of nitrogens with zero attached hydrogens (tertiary/aromatic N) is 1. The van der Waals surface area contributed by atoms with Crippen molar-refractivity contribution >= 4 is 5.91 Å². The van der Waals surface area contributed by atoms with Crippen LogP contribution in [0.15, 0.2) is 65.2 Å². The molecule has 3 aromatic rings. The summed E-state index contributed by atoms with van der Waals surface area (Å²) < 4.78 is 4.87. The molecule has 2 aromatic carbocycles. The maximum Gasteiger partial charge on any atom is 0.287 e. The largest absolute Gasteiger partial charge is 0.363 e. The lowest BCUT2D eigenvalue weighted by Gasteiger charge is -2.02. The summed E-state index contributed by atoms with van der Waals surface area (Å²) >= 11 is 0. The minimum atomic E-state index is -0.621. The molecule has 1 aromatic heterocycles. The van der Waals surface area contributed by atoms with Crippen molar-refractivity contribution in [2.75, 3.05) is 0 Å². The molecule has 4 nitrogen and oxygen atoms in total. The Bertz CT molecular complexity index is 731. The second-order valence-electron chi connectivity index (χ2n) is 4.38. The summed E-state index contributed by atoms with van der Waals surface area (Å²) in [6.07, 6.45) is 0. The van der Waals surface area contributed by atoms with Gasteiger partial charge in [0.1, 0.15) is 5.69 Å². The van der Waals surface area contributed by atoms with Gasteiger partial charge in [-0.15, -0.1) is 0 Å². The van der Waals surface area contributed by atoms with E-state index >= 15 is 0 Å². The van der Waals surface area contributed by atoms with E-state index in [1.54, 1.807) is 6.07 Å². The molecule has 20 heavy (non-hydrogen) atoms. The van der Waals surface area contributed by atoms with Crippen LogP contribution in [0.1, 0.15) is 10.6 Å². The van der Waals surface area contributed by atoms with Crippen LogP contribution in [-0.4, -0.2) is 11.1 Å². The first-order chi connectivity index (χ1) is 9.74. The average Bonchev–Trinajstić information content (AvgIpc) is 2.98. The topological polar surface area (TPSA) is 69.1 Å². The SMILES string of the molecule is NC(=O)c1cc(-c2ccc(-c3ccccc3)cc2)no1. The van der Waals surface area contributed by atoms with E-state index < -0.39 is 5.91 Å². The molecule has 0 unspecified atom stereocenters. The van der Waals surface area contributed by atoms with Gasteiger partial charge >= 0.3 is 0 Å². The third-order valence-electron chi connectivity index (χ3n) is 3.04. The van der Waals surface area contributed by atoms with Gasteiger partial charge in [-0.25, -0.2) is 0 Å². The maximum atomic E-state index is 11.0. The Morgan fingerprint density at radius 2 is 1.50 bits per heavy atom. The van der Waals surface area contributed by atoms with E-state index in [0.29, 0.717) is 5.69 Å². The van der Waals surface area contributed by atoms with E-state index in [1.165, 1.54) is 0 Å². The summed E-state index contributed by atoms with van der Waals surface area (Å²) in [6.45, 7) is 0. The lowest BCUT2D eigenvalue weighted by molar-refractivity contribution is 0.0965. The standard InChI is InChI=1S/C16H12N2O2/c17-16(19)15-10-14(18-20-15)13-8-6-12(7-9-13)11-4-2-1-3-5-11/h1-10H,(H2,17,19). The second kappa shape index (κ2) is 5.01. The molecular formula is C16H12N2O2. The summed E-state index contributed by atoms with van der Waals surface area (Å²) in [5, 5.41) is 3.83. The van der Waals surface area contributed by atoms with Gasteiger partial charge in [-0.1, -0.05) is 59.8 Å². The molecule has 0 spiro atoms. The zero-order valence-corrected chi connectivity index (χ0v) is 10.6. The van der Waals surface area contributed by atoms with E-state index in [1.807, 2.05) is 42.5 Å². The summed E-state index contributed by atoms with van der Waals surface area (Å²) in [6, 6.07) is 19.5. The number of hydrogen-bond acceptors (Lipinski definition) is 3. The van der Waals surface area contributed by atoms with E-state index in [9.17, 15) is 4.79 Å². The number of amides is 1. The minimum absolute atomic E-state index is 0.0622. The van der Waals surface area contributed by atoms with Crippen molar-refractivity contribution in [2.45, 2.75) is 0 Å². The molecular weight excluding hydrogens is 252 g/mol. The zero-order valence-electron chi connectivity index (χ0n) is 10.6. The monoisotopic (exact) mass is 264 g/mol. The highest BCUT2D eigenvalue weighted by molar-refractivity contribution is 5.90. The van der Waals surface area contributed by atoms with Gasteiger partial charge in [0, 0.05) is 11.6 Å². The van der Waals surface area contributed by atoms with Crippen molar-refractivity contribution in [1.82, 2.24) is 5.16 Å². The van der Waals surface area contributed by atoms with Gasteiger partial charge in [0.15, 0.2) is 0 Å². The fraction of sp³-hybridized carbons (Fsp3) is 0. The quantitative estimate of drug-likeness (QED) is 0.790. The Labute approximate surface area is 115 Å². The Hall–Kier alpha value is -2.88. The molecule has 0 aliphatic carbocycles. The van der Waals surface area contributed by atoms with Gasteiger partial charge < -0.3 is 10.3 Å². The van der Waals surface area contributed by atoms with Gasteiger partial charge in [0.2, 0.25) is 5.76 Å². The molecule has 0 saturated carbocycles. The third-order valence-corrected chi connectivity index (χ3v) is 3.04. The molecule has 4 heteroatoms. The van der Waals surface area contributed by atoms with Gasteiger partial charge in [0.05, 0.1) is 0 Å². The number of carbonyl (C=O) groups is 1. The summed E-state index contributed by atoms with van der Waals surface area (Å²) in [5.74, 6) is -0.559. The lowest BCUT2D eigenvalue weighted by atomic mass is 10.0. The van der Waals surface area contributed by atoms with Crippen LogP contribution in [-0.2, 0) is 0 Å². The third kappa shape index (κ3) is 2.31. The summed E-state index contributed by atoms with van der Waals surface area (Å²) in [5.41, 5.74) is 8.87. The molecule has 1 amide bonds. The molecule has 2 N–H and O–H groups in total. The smallest absolute Gasteiger partial charge is 0.287 e. The Morgan fingerprint density at radius 1 is 0.900 bits per heavy atom. The van der Waals surface area contributed by atoms with Crippen LogP contribution < -0.4 is 5.73 Å². The lowest BCUT2D eigenvalue weighted by Crippen LogP contribution is -2.09. The fourth-order valence-electron chi connectivity index (χ4n) is 1.99. The summed E-state index contributed by atoms with van der Waals surface area (Å²) in [7, 11) is 0. The van der Waals surface area contributed by atoms with Gasteiger partial charge in [0.25, 0.3) is 5.91 Å². The first-order valence-corrected chi connectivity index (χ1v) is 6.16. The van der Waals surface area contributed by atoms with Gasteiger partial charge in [-0.05, 0) is 11.1 Å². The predicted octanol–water partition coefficient (Wildman–Crippen LogP) is 3.11. The molecule has 0 aliphatic rings. The molecule has 1 heterocycles. The van der Waals surface area contributed by atoms with Crippen molar-refractivity contribution in [1.29, 1.82) is 0 Å². The number of nitrogens with two attached hydrogens (primary N) is 1. The van der Waals surface area contributed by atoms with E-state index in [2.05, 4.69) is 17.3 Å². The van der Waals surface area contributed by atoms with Gasteiger partial charge in [-0.3, -0.25) is 4.79 Å². The molecule has 0 radical (unpaired) electrons. The van der Waals surface area contributed by atoms with Crippen LogP contribution in [0.4, 0.5) is 0 Å². The van der Waals surface area contributed by atoms with Crippen LogP contribution in [0.5, 0.6) is 0 Å². The van der Waals surface area contributed by atoms with E-state index in [-0.39, 0.29) is 5.76 Å². The average molecular weight is 264 g/mol. The van der Waals surface area contributed by atoms with Crippen molar-refractivity contribution in [3.63, 3.8) is 0 Å². The molecule has 0 aliphatic heterocycles. The van der Waals surface area contributed by atoms with E-state index in [0.717, 1.165) is 16.7 Å². The highest BCUT2D eigenvalue weighted by Crippen LogP contribution is 2.24. The highest BCUT2D eigenvalue weighted by atomic mass is 16.5.